The number of morpholine rings is 1. The number of nitrogens with two attached hydrogens (primary N) is 1. The molecule has 400 valence electrons. The number of benzene rings is 3. The molecule has 3 aromatic carbocycles. The number of hydrogen-bond acceptors (Lipinski definition) is 16. The van der Waals surface area contributed by atoms with Gasteiger partial charge in [0.1, 0.15) is 28.9 Å². The zero-order valence-electron chi connectivity index (χ0n) is 42.9. The van der Waals surface area contributed by atoms with E-state index in [4.69, 9.17) is 34.4 Å². The highest BCUT2D eigenvalue weighted by Crippen LogP contribution is 2.56. The van der Waals surface area contributed by atoms with Gasteiger partial charge in [0.2, 0.25) is 15.7 Å². The molecule has 1 spiro atoms. The van der Waals surface area contributed by atoms with Crippen LogP contribution in [-0.2, 0) is 24.0 Å². The number of carbonyl (C=O) groups is 1. The van der Waals surface area contributed by atoms with E-state index in [2.05, 4.69) is 69.7 Å². The predicted molar refractivity (Wildman–Crippen MR) is 286 cm³/mol. The molecule has 13 rings (SSSR count). The SMILES string of the molecule is C=C(C)c1ccccc1[C@@H]1CCCN1C1CC2(CCN(c3ccc(C(N)=O)c(N4c5cc6cc[nH]c6nc5O[C@@H]5COCC[C@@H]54)c3S(=O)(=O)c3cc4c(c([N+](=O)[O-])c3)N[C@@H]([C@H]3CN(C5COC5)[C@H](C)CO3)CO4)CC2)C1. The minimum Gasteiger partial charge on any atom is -0.489 e. The van der Waals surface area contributed by atoms with Crippen LogP contribution in [-0.4, -0.2) is 147 Å². The number of aromatic nitrogens is 2. The molecule has 7 aliphatic heterocycles. The summed E-state index contributed by atoms with van der Waals surface area (Å²) >= 11 is 0. The van der Waals surface area contributed by atoms with E-state index in [0.29, 0.717) is 81.6 Å². The molecule has 0 unspecified atom stereocenters. The van der Waals surface area contributed by atoms with Gasteiger partial charge in [0, 0.05) is 68.1 Å². The highest BCUT2D eigenvalue weighted by Gasteiger charge is 2.52. The topological polar surface area (TPSA) is 220 Å². The summed E-state index contributed by atoms with van der Waals surface area (Å²) in [5.74, 6) is -0.588. The molecule has 1 amide bonds. The van der Waals surface area contributed by atoms with Gasteiger partial charge in [0.15, 0.2) is 11.4 Å². The van der Waals surface area contributed by atoms with Crippen molar-refractivity contribution in [1.29, 1.82) is 0 Å². The number of amides is 1. The maximum atomic E-state index is 16.3. The lowest BCUT2D eigenvalue weighted by Crippen LogP contribution is -2.62. The van der Waals surface area contributed by atoms with Crippen LogP contribution in [0.3, 0.4) is 0 Å². The van der Waals surface area contributed by atoms with Crippen LogP contribution in [0.1, 0.15) is 86.3 Å². The highest BCUT2D eigenvalue weighted by atomic mass is 32.2. The van der Waals surface area contributed by atoms with Crippen molar-refractivity contribution in [2.45, 2.75) is 117 Å². The fourth-order valence-corrected chi connectivity index (χ4v) is 15.5. The Morgan fingerprint density at radius 1 is 0.921 bits per heavy atom. The molecule has 20 heteroatoms. The molecule has 1 saturated carbocycles. The lowest BCUT2D eigenvalue weighted by Gasteiger charge is -2.56. The van der Waals surface area contributed by atoms with Gasteiger partial charge in [-0.1, -0.05) is 36.4 Å². The number of carbonyl (C=O) groups excluding carboxylic acids is 1. The quantitative estimate of drug-likeness (QED) is 0.0868. The molecule has 5 saturated heterocycles. The zero-order valence-corrected chi connectivity index (χ0v) is 43.8. The van der Waals surface area contributed by atoms with Crippen molar-refractivity contribution < 1.29 is 41.8 Å². The van der Waals surface area contributed by atoms with Crippen molar-refractivity contribution in [3.8, 4) is 11.6 Å². The second-order valence-electron chi connectivity index (χ2n) is 22.4. The molecule has 0 bridgehead atoms. The molecule has 8 aliphatic rings. The van der Waals surface area contributed by atoms with Crippen LogP contribution in [0.25, 0.3) is 16.6 Å². The summed E-state index contributed by atoms with van der Waals surface area (Å²) in [6.07, 6.45) is 7.22. The predicted octanol–water partition coefficient (Wildman–Crippen LogP) is 7.37. The number of aromatic amines is 1. The third-order valence-corrected chi connectivity index (χ3v) is 19.7. The number of anilines is 4. The van der Waals surface area contributed by atoms with Gasteiger partial charge in [-0.05, 0) is 106 Å². The number of likely N-dealkylation sites (tertiary alicyclic amines) is 1. The van der Waals surface area contributed by atoms with Crippen molar-refractivity contribution in [3.63, 3.8) is 0 Å². The summed E-state index contributed by atoms with van der Waals surface area (Å²) < 4.78 is 63.2. The first-order chi connectivity index (χ1) is 36.7. The number of ether oxygens (including phenoxy) is 5. The number of hydrogen-bond donors (Lipinski definition) is 3. The molecule has 4 N–H and O–H groups in total. The van der Waals surface area contributed by atoms with Gasteiger partial charge in [-0.15, -0.1) is 0 Å². The van der Waals surface area contributed by atoms with Crippen LogP contribution in [0, 0.1) is 15.5 Å². The van der Waals surface area contributed by atoms with Crippen LogP contribution >= 0.6 is 0 Å². The van der Waals surface area contributed by atoms with E-state index in [9.17, 15) is 14.9 Å². The first-order valence-corrected chi connectivity index (χ1v) is 28.4. The molecule has 2 aromatic heterocycles. The number of H-pyrrole nitrogens is 1. The summed E-state index contributed by atoms with van der Waals surface area (Å²) in [6.45, 7) is 13.5. The number of sulfone groups is 1. The van der Waals surface area contributed by atoms with E-state index in [1.54, 1.807) is 18.3 Å². The molecule has 9 heterocycles. The second-order valence-corrected chi connectivity index (χ2v) is 24.3. The molecule has 5 aromatic rings. The van der Waals surface area contributed by atoms with Crippen molar-refractivity contribution in [3.05, 3.63) is 100 Å². The van der Waals surface area contributed by atoms with E-state index in [0.717, 1.165) is 62.1 Å². The summed E-state index contributed by atoms with van der Waals surface area (Å²) in [4.78, 5) is 43.1. The first kappa shape index (κ1) is 49.3. The Hall–Kier alpha value is -6.29. The number of nitro groups is 1. The van der Waals surface area contributed by atoms with Gasteiger partial charge in [-0.2, -0.15) is 4.98 Å². The number of primary amides is 1. The van der Waals surface area contributed by atoms with Crippen LogP contribution < -0.4 is 30.3 Å². The van der Waals surface area contributed by atoms with Crippen molar-refractivity contribution in [2.75, 3.05) is 80.9 Å². The molecule has 1 aliphatic carbocycles. The van der Waals surface area contributed by atoms with Gasteiger partial charge in [0.25, 0.3) is 11.6 Å². The molecule has 19 nitrogen and oxygen atoms in total. The van der Waals surface area contributed by atoms with Crippen molar-refractivity contribution in [1.82, 2.24) is 19.8 Å². The van der Waals surface area contributed by atoms with Crippen molar-refractivity contribution in [2.24, 2.45) is 11.1 Å². The van der Waals surface area contributed by atoms with Crippen LogP contribution in [0.2, 0.25) is 0 Å². The summed E-state index contributed by atoms with van der Waals surface area (Å²) in [5, 5.41) is 17.3. The van der Waals surface area contributed by atoms with Crippen LogP contribution in [0.5, 0.6) is 11.6 Å². The fourth-order valence-electron chi connectivity index (χ4n) is 13.8. The Morgan fingerprint density at radius 3 is 2.50 bits per heavy atom. The normalized spacial score (nSPS) is 26.8. The molecular formula is C56H65N9O10S. The van der Waals surface area contributed by atoms with Gasteiger partial charge < -0.3 is 49.5 Å². The minimum atomic E-state index is -4.81. The third-order valence-electron chi connectivity index (χ3n) is 17.9. The molecular weight excluding hydrogens is 991 g/mol. The Bertz CT molecular complexity index is 3260. The lowest BCUT2D eigenvalue weighted by atomic mass is 9.59. The number of piperidine rings is 1. The summed E-state index contributed by atoms with van der Waals surface area (Å²) in [7, 11) is -4.81. The van der Waals surface area contributed by atoms with Gasteiger partial charge >= 0.3 is 0 Å². The number of nitrogens with one attached hydrogen (secondary N) is 2. The summed E-state index contributed by atoms with van der Waals surface area (Å²) in [6, 6.07) is 18.4. The monoisotopic (exact) mass is 1060 g/mol. The van der Waals surface area contributed by atoms with E-state index in [1.807, 2.05) is 17.0 Å². The number of nitro benzene ring substituents is 1. The number of nitrogens with zero attached hydrogens (tertiary/aromatic N) is 6. The summed E-state index contributed by atoms with van der Waals surface area (Å²) in [5.41, 5.74) is 11.1. The van der Waals surface area contributed by atoms with E-state index in [1.165, 1.54) is 17.2 Å². The first-order valence-electron chi connectivity index (χ1n) is 26.9. The van der Waals surface area contributed by atoms with Gasteiger partial charge in [0.05, 0.1) is 77.4 Å². The fraction of sp³-hybridized carbons (Fsp3) is 0.500. The average molecular weight is 1060 g/mol. The molecule has 6 fully saturated rings. The smallest absolute Gasteiger partial charge is 0.297 e. The van der Waals surface area contributed by atoms with Crippen molar-refractivity contribution >= 4 is 60.8 Å². The molecule has 6 atom stereocenters. The Balaban J connectivity index is 0.885. The molecule has 0 radical (unpaired) electrons. The average Bonchev–Trinajstić information content (AvgIpc) is 4.17. The number of pyridine rings is 1. The van der Waals surface area contributed by atoms with Crippen LogP contribution in [0.15, 0.2) is 83.2 Å². The highest BCUT2D eigenvalue weighted by molar-refractivity contribution is 7.91. The van der Waals surface area contributed by atoms with Crippen LogP contribution in [0.4, 0.5) is 28.4 Å². The lowest BCUT2D eigenvalue weighted by molar-refractivity contribution is -0.384. The van der Waals surface area contributed by atoms with Gasteiger partial charge in [-0.25, -0.2) is 8.42 Å². The Kier molecular flexibility index (Phi) is 12.3. The standard InChI is InChI=1S/C56H65N9O10S/c1-32(2)38-7-4-5-8-39(38)42-9-6-17-62(42)35-24-56(25-35)14-18-61(19-15-56)44-11-10-40(53(57)66)51(64-43-13-20-71-31-49(43)75-55-46(64)21-34-12-16-58-54(34)60-55)52(44)76(69,70)37-22-45(65(67)68)50-47(23-37)74-30-41(59-50)48-26-63(33(3)27-73-48)36-28-72-29-36/h4-5,7-8,10-12,16,21-23,33,35-36,41-43,48-49,59H,1,6,9,13-15,17-20,24-31H2,2-3H3,(H2,57,66)(H,58,60)/t33-,41-,42+,43+,48-,49-/m1/s1. The Labute approximate surface area is 441 Å². The van der Waals surface area contributed by atoms with E-state index < -0.39 is 44.5 Å². The minimum absolute atomic E-state index is 0.0228. The maximum absolute atomic E-state index is 16.3. The third kappa shape index (κ3) is 8.28. The number of rotatable bonds is 11. The molecule has 76 heavy (non-hydrogen) atoms. The van der Waals surface area contributed by atoms with E-state index >= 15 is 8.42 Å². The van der Waals surface area contributed by atoms with E-state index in [-0.39, 0.29) is 75.2 Å². The zero-order chi connectivity index (χ0) is 52.2. The second kappa shape index (κ2) is 19.0. The van der Waals surface area contributed by atoms with Gasteiger partial charge in [-0.3, -0.25) is 24.7 Å². The Morgan fingerprint density at radius 2 is 1.74 bits per heavy atom. The maximum Gasteiger partial charge on any atom is 0.297 e. The number of fused-ring (bicyclic) bond motifs is 4. The largest absolute Gasteiger partial charge is 0.489 e. The number of allylic oxidation sites excluding steroid dienone is 1.